The molecule has 0 spiro atoms. The third-order valence-corrected chi connectivity index (χ3v) is 2.13. The molecule has 2 rings (SSSR count). The summed E-state index contributed by atoms with van der Waals surface area (Å²) in [6.07, 6.45) is 0. The van der Waals surface area contributed by atoms with Crippen LogP contribution in [0.25, 0.3) is 5.69 Å². The Kier molecular flexibility index (Phi) is 2.17. The maximum Gasteiger partial charge on any atom is 0.133 e. The van der Waals surface area contributed by atoms with Crippen molar-refractivity contribution in [1.82, 2.24) is 9.78 Å². The van der Waals surface area contributed by atoms with E-state index in [2.05, 4.69) is 5.10 Å². The number of aryl methyl sites for hydroxylation is 1. The maximum atomic E-state index is 9.29. The van der Waals surface area contributed by atoms with Crippen LogP contribution in [-0.4, -0.2) is 14.9 Å². The van der Waals surface area contributed by atoms with Crippen molar-refractivity contribution < 1.29 is 5.11 Å². The van der Waals surface area contributed by atoms with Gasteiger partial charge >= 0.3 is 0 Å². The molecule has 0 amide bonds. The zero-order valence-electron chi connectivity index (χ0n) is 7.61. The van der Waals surface area contributed by atoms with Crippen molar-refractivity contribution in [2.75, 3.05) is 0 Å². The van der Waals surface area contributed by atoms with Crippen LogP contribution < -0.4 is 0 Å². The number of phenols is 1. The van der Waals surface area contributed by atoms with Crippen LogP contribution in [0.4, 0.5) is 0 Å². The number of phenolic OH excluding ortho intramolecular Hbond substituents is 1. The van der Waals surface area contributed by atoms with Gasteiger partial charge in [0.2, 0.25) is 0 Å². The van der Waals surface area contributed by atoms with Crippen LogP contribution in [0.15, 0.2) is 30.3 Å². The number of aromatic hydroxyl groups is 1. The molecule has 0 saturated heterocycles. The summed E-state index contributed by atoms with van der Waals surface area (Å²) in [6.45, 7) is 1.87. The molecule has 4 heteroatoms. The minimum Gasteiger partial charge on any atom is -0.508 e. The fourth-order valence-electron chi connectivity index (χ4n) is 1.27. The molecule has 0 fully saturated rings. The number of nitrogens with zero attached hydrogens (tertiary/aromatic N) is 2. The van der Waals surface area contributed by atoms with E-state index in [0.29, 0.717) is 5.15 Å². The SMILES string of the molecule is Cc1cc(Cl)n(-c2cccc(O)c2)n1. The van der Waals surface area contributed by atoms with Crippen molar-refractivity contribution in [2.24, 2.45) is 0 Å². The van der Waals surface area contributed by atoms with E-state index in [1.165, 1.54) is 0 Å². The second-order valence-electron chi connectivity index (χ2n) is 3.04. The number of hydrogen-bond donors (Lipinski definition) is 1. The summed E-state index contributed by atoms with van der Waals surface area (Å²) in [4.78, 5) is 0. The second-order valence-corrected chi connectivity index (χ2v) is 3.43. The summed E-state index contributed by atoms with van der Waals surface area (Å²) >= 11 is 5.95. The predicted molar refractivity (Wildman–Crippen MR) is 55.0 cm³/mol. The molecule has 14 heavy (non-hydrogen) atoms. The molecule has 72 valence electrons. The first kappa shape index (κ1) is 9.09. The minimum absolute atomic E-state index is 0.201. The van der Waals surface area contributed by atoms with Crippen LogP contribution in [0.5, 0.6) is 5.75 Å². The van der Waals surface area contributed by atoms with Crippen molar-refractivity contribution in [1.29, 1.82) is 0 Å². The topological polar surface area (TPSA) is 38.0 Å². The Morgan fingerprint density at radius 2 is 2.14 bits per heavy atom. The maximum absolute atomic E-state index is 9.29. The van der Waals surface area contributed by atoms with Gasteiger partial charge in [0.15, 0.2) is 0 Å². The van der Waals surface area contributed by atoms with E-state index in [-0.39, 0.29) is 5.75 Å². The smallest absolute Gasteiger partial charge is 0.133 e. The molecule has 0 bridgehead atoms. The van der Waals surface area contributed by atoms with Gasteiger partial charge in [-0.15, -0.1) is 0 Å². The lowest BCUT2D eigenvalue weighted by Crippen LogP contribution is -1.95. The molecule has 0 aliphatic rings. The van der Waals surface area contributed by atoms with Gasteiger partial charge in [-0.1, -0.05) is 17.7 Å². The normalized spacial score (nSPS) is 10.4. The van der Waals surface area contributed by atoms with E-state index in [1.807, 2.05) is 13.0 Å². The van der Waals surface area contributed by atoms with Gasteiger partial charge in [0.1, 0.15) is 10.9 Å². The molecule has 2 aromatic rings. The third-order valence-electron chi connectivity index (χ3n) is 1.86. The summed E-state index contributed by atoms with van der Waals surface area (Å²) < 4.78 is 1.58. The number of benzene rings is 1. The fourth-order valence-corrected chi connectivity index (χ4v) is 1.57. The standard InChI is InChI=1S/C10H9ClN2O/c1-7-5-10(11)13(12-7)8-3-2-4-9(14)6-8/h2-6,14H,1H3. The quantitative estimate of drug-likeness (QED) is 0.782. The largest absolute Gasteiger partial charge is 0.508 e. The highest BCUT2D eigenvalue weighted by molar-refractivity contribution is 6.29. The molecular formula is C10H9ClN2O. The van der Waals surface area contributed by atoms with Crippen LogP contribution in [0.1, 0.15) is 5.69 Å². The van der Waals surface area contributed by atoms with Crippen LogP contribution in [-0.2, 0) is 0 Å². The Balaban J connectivity index is 2.54. The number of hydrogen-bond acceptors (Lipinski definition) is 2. The van der Waals surface area contributed by atoms with E-state index in [4.69, 9.17) is 11.6 Å². The summed E-state index contributed by atoms with van der Waals surface area (Å²) in [5.41, 5.74) is 1.60. The highest BCUT2D eigenvalue weighted by Gasteiger charge is 2.04. The first-order chi connectivity index (χ1) is 6.66. The summed E-state index contributed by atoms with van der Waals surface area (Å²) in [7, 11) is 0. The molecule has 0 atom stereocenters. The lowest BCUT2D eigenvalue weighted by molar-refractivity contribution is 0.475. The van der Waals surface area contributed by atoms with Gasteiger partial charge in [-0.3, -0.25) is 0 Å². The molecule has 1 heterocycles. The molecule has 0 radical (unpaired) electrons. The molecule has 1 N–H and O–H groups in total. The Morgan fingerprint density at radius 1 is 1.36 bits per heavy atom. The van der Waals surface area contributed by atoms with E-state index in [0.717, 1.165) is 11.4 Å². The van der Waals surface area contributed by atoms with E-state index >= 15 is 0 Å². The van der Waals surface area contributed by atoms with Crippen LogP contribution in [0.3, 0.4) is 0 Å². The van der Waals surface area contributed by atoms with Crippen molar-refractivity contribution >= 4 is 11.6 Å². The molecule has 1 aromatic carbocycles. The van der Waals surface area contributed by atoms with Crippen LogP contribution in [0, 0.1) is 6.92 Å². The van der Waals surface area contributed by atoms with Crippen molar-refractivity contribution in [2.45, 2.75) is 6.92 Å². The van der Waals surface area contributed by atoms with E-state index in [1.54, 1.807) is 28.9 Å². The van der Waals surface area contributed by atoms with Crippen LogP contribution >= 0.6 is 11.6 Å². The summed E-state index contributed by atoms with van der Waals surface area (Å²) in [5.74, 6) is 0.201. The van der Waals surface area contributed by atoms with Gasteiger partial charge in [-0.2, -0.15) is 5.10 Å². The van der Waals surface area contributed by atoms with Gasteiger partial charge in [0.05, 0.1) is 11.4 Å². The lowest BCUT2D eigenvalue weighted by Gasteiger charge is -2.02. The summed E-state index contributed by atoms with van der Waals surface area (Å²) in [5, 5.41) is 14.0. The highest BCUT2D eigenvalue weighted by atomic mass is 35.5. The zero-order chi connectivity index (χ0) is 10.1. The Morgan fingerprint density at radius 3 is 2.71 bits per heavy atom. The molecule has 0 aliphatic carbocycles. The zero-order valence-corrected chi connectivity index (χ0v) is 8.36. The monoisotopic (exact) mass is 208 g/mol. The second kappa shape index (κ2) is 3.35. The molecule has 0 unspecified atom stereocenters. The Labute approximate surface area is 86.6 Å². The van der Waals surface area contributed by atoms with E-state index < -0.39 is 0 Å². The molecule has 0 aliphatic heterocycles. The van der Waals surface area contributed by atoms with Crippen molar-refractivity contribution in [3.63, 3.8) is 0 Å². The molecule has 1 aromatic heterocycles. The van der Waals surface area contributed by atoms with Gasteiger partial charge in [0, 0.05) is 6.07 Å². The molecular weight excluding hydrogens is 200 g/mol. The Bertz CT molecular complexity index is 465. The molecule has 0 saturated carbocycles. The summed E-state index contributed by atoms with van der Waals surface area (Å²) in [6, 6.07) is 8.56. The van der Waals surface area contributed by atoms with Crippen LogP contribution in [0.2, 0.25) is 5.15 Å². The first-order valence-electron chi connectivity index (χ1n) is 4.18. The number of rotatable bonds is 1. The average molecular weight is 209 g/mol. The highest BCUT2D eigenvalue weighted by Crippen LogP contribution is 2.19. The van der Waals surface area contributed by atoms with Crippen molar-refractivity contribution in [3.05, 3.63) is 41.2 Å². The lowest BCUT2D eigenvalue weighted by atomic mass is 10.3. The van der Waals surface area contributed by atoms with Gasteiger partial charge in [0.25, 0.3) is 0 Å². The minimum atomic E-state index is 0.201. The Hall–Kier alpha value is -1.48. The van der Waals surface area contributed by atoms with Gasteiger partial charge < -0.3 is 5.11 Å². The average Bonchev–Trinajstić information content (AvgIpc) is 2.45. The first-order valence-corrected chi connectivity index (χ1v) is 4.56. The third kappa shape index (κ3) is 1.59. The molecule has 3 nitrogen and oxygen atoms in total. The number of halogens is 1. The van der Waals surface area contributed by atoms with Gasteiger partial charge in [-0.25, -0.2) is 4.68 Å². The van der Waals surface area contributed by atoms with Gasteiger partial charge in [-0.05, 0) is 25.1 Å². The fraction of sp³-hybridized carbons (Fsp3) is 0.100. The predicted octanol–water partition coefficient (Wildman–Crippen LogP) is 2.54. The number of aromatic nitrogens is 2. The van der Waals surface area contributed by atoms with E-state index in [9.17, 15) is 5.11 Å². The van der Waals surface area contributed by atoms with Crippen molar-refractivity contribution in [3.8, 4) is 11.4 Å².